The van der Waals surface area contributed by atoms with Crippen LogP contribution in [0, 0.1) is 0 Å². The molecule has 78 heavy (non-hydrogen) atoms. The van der Waals surface area contributed by atoms with E-state index in [1.165, 1.54) is 199 Å². The van der Waals surface area contributed by atoms with Crippen LogP contribution in [-0.2, 0) is 28.6 Å². The molecule has 0 N–H and O–H groups in total. The number of carbonyl (C=O) groups excluding carboxylic acids is 3. The summed E-state index contributed by atoms with van der Waals surface area (Å²) in [4.78, 5) is 38.4. The first-order valence-electron chi connectivity index (χ1n) is 33.6. The largest absolute Gasteiger partial charge is 0.462 e. The molecule has 0 spiro atoms. The van der Waals surface area contributed by atoms with Crippen molar-refractivity contribution < 1.29 is 28.6 Å². The zero-order valence-electron chi connectivity index (χ0n) is 51.7. The average molecular weight is 1090 g/mol. The van der Waals surface area contributed by atoms with Gasteiger partial charge in [0.2, 0.25) is 0 Å². The van der Waals surface area contributed by atoms with Crippen molar-refractivity contribution >= 4 is 17.9 Å². The molecule has 0 saturated heterocycles. The van der Waals surface area contributed by atoms with Crippen LogP contribution < -0.4 is 0 Å². The standard InChI is InChI=1S/C72H126O6/c1-4-7-10-13-16-19-22-25-28-31-34-35-36-37-39-41-44-47-50-53-56-59-62-65-71(74)77-68-69(67-76-70(73)64-61-58-55-52-49-46-43-40-33-30-27-24-21-18-15-12-9-6-3)78-72(75)66-63-60-57-54-51-48-45-42-38-32-29-26-23-20-17-14-11-8-5-2/h8,11,17,20,26,29-31,33-34,38,42,48,51,69H,4-7,9-10,12-16,18-19,21-25,27-28,32,35-37,39-41,43-47,49-50,52-68H2,1-3H3/b11-8-,20-17-,29-26-,33-30-,34-31-,42-38-,51-48-. The molecule has 450 valence electrons. The molecule has 0 aliphatic rings. The Kier molecular flexibility index (Phi) is 63.2. The molecular formula is C72H126O6. The summed E-state index contributed by atoms with van der Waals surface area (Å²) >= 11 is 0. The highest BCUT2D eigenvalue weighted by atomic mass is 16.6. The van der Waals surface area contributed by atoms with Crippen LogP contribution in [0.1, 0.15) is 335 Å². The van der Waals surface area contributed by atoms with Gasteiger partial charge in [-0.15, -0.1) is 0 Å². The van der Waals surface area contributed by atoms with Gasteiger partial charge in [-0.25, -0.2) is 0 Å². The summed E-state index contributed by atoms with van der Waals surface area (Å²) in [5.74, 6) is -0.913. The minimum absolute atomic E-state index is 0.0903. The highest BCUT2D eigenvalue weighted by Crippen LogP contribution is 2.16. The van der Waals surface area contributed by atoms with Crippen LogP contribution in [0.3, 0.4) is 0 Å². The molecule has 0 fully saturated rings. The molecule has 6 nitrogen and oxygen atoms in total. The Labute approximate surface area is 484 Å². The Hall–Kier alpha value is -3.41. The van der Waals surface area contributed by atoms with Crippen molar-refractivity contribution in [3.05, 3.63) is 85.1 Å². The van der Waals surface area contributed by atoms with E-state index in [4.69, 9.17) is 14.2 Å². The first kappa shape index (κ1) is 74.6. The zero-order chi connectivity index (χ0) is 56.4. The third-order valence-electron chi connectivity index (χ3n) is 14.6. The van der Waals surface area contributed by atoms with Gasteiger partial charge in [0.05, 0.1) is 0 Å². The van der Waals surface area contributed by atoms with Crippen molar-refractivity contribution in [2.75, 3.05) is 13.2 Å². The van der Waals surface area contributed by atoms with E-state index >= 15 is 0 Å². The van der Waals surface area contributed by atoms with Crippen LogP contribution in [0.15, 0.2) is 85.1 Å². The van der Waals surface area contributed by atoms with E-state index in [-0.39, 0.29) is 37.5 Å². The maximum absolute atomic E-state index is 12.9. The molecule has 0 aromatic carbocycles. The van der Waals surface area contributed by atoms with E-state index in [0.29, 0.717) is 12.8 Å². The highest BCUT2D eigenvalue weighted by molar-refractivity contribution is 5.71. The van der Waals surface area contributed by atoms with Crippen LogP contribution >= 0.6 is 0 Å². The fraction of sp³-hybridized carbons (Fsp3) is 0.764. The molecular weight excluding hydrogens is 961 g/mol. The maximum atomic E-state index is 12.9. The molecule has 0 aromatic heterocycles. The van der Waals surface area contributed by atoms with Gasteiger partial charge in [-0.3, -0.25) is 14.4 Å². The van der Waals surface area contributed by atoms with Crippen molar-refractivity contribution in [3.63, 3.8) is 0 Å². The number of allylic oxidation sites excluding steroid dienone is 14. The molecule has 0 aliphatic heterocycles. The van der Waals surface area contributed by atoms with Gasteiger partial charge in [-0.2, -0.15) is 0 Å². The lowest BCUT2D eigenvalue weighted by atomic mass is 10.0. The number of carbonyl (C=O) groups is 3. The van der Waals surface area contributed by atoms with Crippen molar-refractivity contribution in [1.29, 1.82) is 0 Å². The van der Waals surface area contributed by atoms with Gasteiger partial charge < -0.3 is 14.2 Å². The Balaban J connectivity index is 4.40. The van der Waals surface area contributed by atoms with E-state index in [1.54, 1.807) is 0 Å². The molecule has 1 unspecified atom stereocenters. The van der Waals surface area contributed by atoms with Crippen molar-refractivity contribution in [3.8, 4) is 0 Å². The van der Waals surface area contributed by atoms with E-state index in [1.807, 2.05) is 0 Å². The van der Waals surface area contributed by atoms with Crippen molar-refractivity contribution in [2.45, 2.75) is 341 Å². The predicted octanol–water partition coefficient (Wildman–Crippen LogP) is 23.1. The molecule has 0 heterocycles. The van der Waals surface area contributed by atoms with Gasteiger partial charge in [0, 0.05) is 19.3 Å². The fourth-order valence-electron chi connectivity index (χ4n) is 9.58. The third-order valence-corrected chi connectivity index (χ3v) is 14.6. The lowest BCUT2D eigenvalue weighted by Crippen LogP contribution is -2.30. The summed E-state index contributed by atoms with van der Waals surface area (Å²) in [6.45, 7) is 6.53. The summed E-state index contributed by atoms with van der Waals surface area (Å²) in [6.07, 6.45) is 87.4. The van der Waals surface area contributed by atoms with E-state index in [0.717, 1.165) is 96.3 Å². The summed E-state index contributed by atoms with van der Waals surface area (Å²) < 4.78 is 16.9. The van der Waals surface area contributed by atoms with E-state index < -0.39 is 6.10 Å². The number of unbranched alkanes of at least 4 members (excludes halogenated alkanes) is 36. The lowest BCUT2D eigenvalue weighted by molar-refractivity contribution is -0.167. The second-order valence-electron chi connectivity index (χ2n) is 22.3. The minimum atomic E-state index is -0.798. The smallest absolute Gasteiger partial charge is 0.306 e. The maximum Gasteiger partial charge on any atom is 0.306 e. The monoisotopic (exact) mass is 1090 g/mol. The predicted molar refractivity (Wildman–Crippen MR) is 339 cm³/mol. The number of esters is 3. The number of rotatable bonds is 61. The summed E-state index contributed by atoms with van der Waals surface area (Å²) in [7, 11) is 0. The second kappa shape index (κ2) is 66.1. The summed E-state index contributed by atoms with van der Waals surface area (Å²) in [6, 6.07) is 0. The Morgan fingerprint density at radius 2 is 0.500 bits per heavy atom. The third kappa shape index (κ3) is 63.4. The van der Waals surface area contributed by atoms with Gasteiger partial charge >= 0.3 is 17.9 Å². The first-order valence-corrected chi connectivity index (χ1v) is 33.6. The molecule has 0 amide bonds. The molecule has 6 heteroatoms. The number of ether oxygens (including phenoxy) is 3. The number of hydrogen-bond acceptors (Lipinski definition) is 6. The normalized spacial score (nSPS) is 12.6. The number of hydrogen-bond donors (Lipinski definition) is 0. The zero-order valence-corrected chi connectivity index (χ0v) is 51.7. The molecule has 0 rings (SSSR count). The van der Waals surface area contributed by atoms with Crippen LogP contribution in [0.25, 0.3) is 0 Å². The Bertz CT molecular complexity index is 1480. The highest BCUT2D eigenvalue weighted by Gasteiger charge is 2.19. The summed E-state index contributed by atoms with van der Waals surface area (Å²) in [5.41, 5.74) is 0. The first-order chi connectivity index (χ1) is 38.5. The van der Waals surface area contributed by atoms with Crippen LogP contribution in [-0.4, -0.2) is 37.2 Å². The Morgan fingerprint density at radius 1 is 0.269 bits per heavy atom. The average Bonchev–Trinajstić information content (AvgIpc) is 3.44. The molecule has 0 aliphatic carbocycles. The van der Waals surface area contributed by atoms with Crippen molar-refractivity contribution in [1.82, 2.24) is 0 Å². The van der Waals surface area contributed by atoms with Crippen LogP contribution in [0.4, 0.5) is 0 Å². The van der Waals surface area contributed by atoms with Crippen LogP contribution in [0.5, 0.6) is 0 Å². The van der Waals surface area contributed by atoms with E-state index in [9.17, 15) is 14.4 Å². The van der Waals surface area contributed by atoms with Gasteiger partial charge in [-0.05, 0) is 116 Å². The molecule has 0 bridgehead atoms. The lowest BCUT2D eigenvalue weighted by Gasteiger charge is -2.18. The Morgan fingerprint density at radius 3 is 0.808 bits per heavy atom. The van der Waals surface area contributed by atoms with Gasteiger partial charge in [-0.1, -0.05) is 286 Å². The quantitative estimate of drug-likeness (QED) is 0.0261. The molecule has 0 radical (unpaired) electrons. The molecule has 1 atom stereocenters. The second-order valence-corrected chi connectivity index (χ2v) is 22.3. The van der Waals surface area contributed by atoms with Crippen LogP contribution in [0.2, 0.25) is 0 Å². The van der Waals surface area contributed by atoms with Crippen molar-refractivity contribution in [2.24, 2.45) is 0 Å². The fourth-order valence-corrected chi connectivity index (χ4v) is 9.58. The molecule has 0 aromatic rings. The topological polar surface area (TPSA) is 78.9 Å². The summed E-state index contributed by atoms with van der Waals surface area (Å²) in [5, 5.41) is 0. The van der Waals surface area contributed by atoms with E-state index in [2.05, 4.69) is 106 Å². The van der Waals surface area contributed by atoms with Gasteiger partial charge in [0.1, 0.15) is 13.2 Å². The van der Waals surface area contributed by atoms with Gasteiger partial charge in [0.25, 0.3) is 0 Å². The minimum Gasteiger partial charge on any atom is -0.462 e. The van der Waals surface area contributed by atoms with Gasteiger partial charge in [0.15, 0.2) is 6.10 Å². The molecule has 0 saturated carbocycles. The SMILES string of the molecule is CC/C=C\C/C=C\C/C=C\C/C=C\C/C=C\CCCCCC(=O)OC(COC(=O)CCCCCCCCC/C=C\CCCCCCCCC)COC(=O)CCCCCCCCCCCCC/C=C\CCCCCCCCCC.